The highest BCUT2D eigenvalue weighted by atomic mass is 16.2. The second kappa shape index (κ2) is 7.20. The minimum Gasteiger partial charge on any atom is -0.340 e. The fraction of sp³-hybridized carbons (Fsp3) is 0.500. The number of piperazine rings is 1. The number of benzene rings is 1. The van der Waals surface area contributed by atoms with Crippen LogP contribution in [0, 0.1) is 0 Å². The van der Waals surface area contributed by atoms with Crippen molar-refractivity contribution in [2.75, 3.05) is 32.7 Å². The van der Waals surface area contributed by atoms with E-state index in [9.17, 15) is 9.59 Å². The maximum Gasteiger partial charge on any atom is 0.223 e. The Labute approximate surface area is 120 Å². The summed E-state index contributed by atoms with van der Waals surface area (Å²) in [6.07, 6.45) is 0.622. The molecule has 1 saturated heterocycles. The van der Waals surface area contributed by atoms with Gasteiger partial charge in [-0.25, -0.2) is 0 Å². The van der Waals surface area contributed by atoms with E-state index in [1.807, 2.05) is 23.1 Å². The lowest BCUT2D eigenvalue weighted by Gasteiger charge is -2.34. The van der Waals surface area contributed by atoms with Gasteiger partial charge < -0.3 is 9.80 Å². The first-order valence-electron chi connectivity index (χ1n) is 7.29. The van der Waals surface area contributed by atoms with Gasteiger partial charge in [-0.2, -0.15) is 0 Å². The number of ketones is 1. The number of carbonyl (C=O) groups is 2. The quantitative estimate of drug-likeness (QED) is 0.769. The van der Waals surface area contributed by atoms with Crippen LogP contribution < -0.4 is 0 Å². The molecule has 0 spiro atoms. The van der Waals surface area contributed by atoms with Gasteiger partial charge in [0, 0.05) is 44.6 Å². The molecule has 1 aliphatic rings. The number of Topliss-reactive ketones (excluding diaryl/α,β-unsaturated/α-hetero) is 1. The molecule has 0 bridgehead atoms. The van der Waals surface area contributed by atoms with E-state index in [1.54, 1.807) is 12.1 Å². The molecule has 0 radical (unpaired) electrons. The maximum atomic E-state index is 12.1. The van der Waals surface area contributed by atoms with Crippen LogP contribution in [0.5, 0.6) is 0 Å². The van der Waals surface area contributed by atoms with E-state index >= 15 is 0 Å². The van der Waals surface area contributed by atoms with E-state index in [0.29, 0.717) is 18.4 Å². The van der Waals surface area contributed by atoms with Gasteiger partial charge in [-0.1, -0.05) is 37.3 Å². The zero-order chi connectivity index (χ0) is 14.4. The Morgan fingerprint density at radius 2 is 1.65 bits per heavy atom. The van der Waals surface area contributed by atoms with Crippen molar-refractivity contribution >= 4 is 11.7 Å². The number of hydrogen-bond acceptors (Lipinski definition) is 3. The van der Waals surface area contributed by atoms with E-state index in [2.05, 4.69) is 11.8 Å². The van der Waals surface area contributed by atoms with Crippen molar-refractivity contribution in [2.24, 2.45) is 0 Å². The van der Waals surface area contributed by atoms with Crippen LogP contribution in [0.4, 0.5) is 0 Å². The van der Waals surface area contributed by atoms with Crippen molar-refractivity contribution in [3.8, 4) is 0 Å². The van der Waals surface area contributed by atoms with E-state index in [1.165, 1.54) is 0 Å². The van der Waals surface area contributed by atoms with Gasteiger partial charge in [0.15, 0.2) is 5.78 Å². The molecule has 0 atom stereocenters. The summed E-state index contributed by atoms with van der Waals surface area (Å²) in [7, 11) is 0. The fourth-order valence-corrected chi connectivity index (χ4v) is 2.46. The third-order valence-corrected chi connectivity index (χ3v) is 3.83. The van der Waals surface area contributed by atoms with Crippen LogP contribution in [-0.4, -0.2) is 54.2 Å². The van der Waals surface area contributed by atoms with E-state index < -0.39 is 0 Å². The summed E-state index contributed by atoms with van der Waals surface area (Å²) in [4.78, 5) is 28.2. The molecular weight excluding hydrogens is 252 g/mol. The predicted octanol–water partition coefficient (Wildman–Crippen LogP) is 1.81. The van der Waals surface area contributed by atoms with Crippen LogP contribution in [-0.2, 0) is 4.79 Å². The first kappa shape index (κ1) is 14.7. The molecule has 0 unspecified atom stereocenters. The van der Waals surface area contributed by atoms with Gasteiger partial charge >= 0.3 is 0 Å². The summed E-state index contributed by atoms with van der Waals surface area (Å²) in [6.45, 7) is 6.62. The summed E-state index contributed by atoms with van der Waals surface area (Å²) in [6, 6.07) is 9.17. The monoisotopic (exact) mass is 274 g/mol. The minimum absolute atomic E-state index is 0.0474. The molecule has 0 aliphatic carbocycles. The fourth-order valence-electron chi connectivity index (χ4n) is 2.46. The third kappa shape index (κ3) is 3.90. The highest BCUT2D eigenvalue weighted by molar-refractivity contribution is 5.97. The van der Waals surface area contributed by atoms with Crippen molar-refractivity contribution in [3.63, 3.8) is 0 Å². The zero-order valence-corrected chi connectivity index (χ0v) is 12.0. The average Bonchev–Trinajstić information content (AvgIpc) is 2.53. The number of nitrogens with zero attached hydrogens (tertiary/aromatic N) is 2. The normalized spacial score (nSPS) is 16.1. The number of amides is 1. The third-order valence-electron chi connectivity index (χ3n) is 3.83. The molecule has 2 rings (SSSR count). The highest BCUT2D eigenvalue weighted by Gasteiger charge is 2.20. The van der Waals surface area contributed by atoms with Gasteiger partial charge in [0.1, 0.15) is 0 Å². The van der Waals surface area contributed by atoms with Crippen LogP contribution in [0.15, 0.2) is 30.3 Å². The molecule has 20 heavy (non-hydrogen) atoms. The van der Waals surface area contributed by atoms with Crippen LogP contribution in [0.25, 0.3) is 0 Å². The van der Waals surface area contributed by atoms with Gasteiger partial charge in [0.2, 0.25) is 5.91 Å². The molecule has 4 heteroatoms. The Balaban J connectivity index is 1.77. The number of carbonyl (C=O) groups excluding carboxylic acids is 2. The molecule has 1 fully saturated rings. The molecule has 0 aromatic heterocycles. The highest BCUT2D eigenvalue weighted by Crippen LogP contribution is 2.08. The molecule has 0 saturated carbocycles. The van der Waals surface area contributed by atoms with Gasteiger partial charge in [-0.3, -0.25) is 9.59 Å². The average molecular weight is 274 g/mol. The Kier molecular flexibility index (Phi) is 5.30. The summed E-state index contributed by atoms with van der Waals surface area (Å²) in [5.74, 6) is 0.149. The Bertz CT molecular complexity index is 451. The smallest absolute Gasteiger partial charge is 0.223 e. The molecule has 0 N–H and O–H groups in total. The van der Waals surface area contributed by atoms with Gasteiger partial charge in [0.05, 0.1) is 0 Å². The summed E-state index contributed by atoms with van der Waals surface area (Å²) >= 11 is 0. The zero-order valence-electron chi connectivity index (χ0n) is 12.0. The summed E-state index contributed by atoms with van der Waals surface area (Å²) < 4.78 is 0. The molecular formula is C16H22N2O2. The van der Waals surface area contributed by atoms with Crippen LogP contribution in [0.3, 0.4) is 0 Å². The Hall–Kier alpha value is -1.68. The minimum atomic E-state index is 0.0474. The van der Waals surface area contributed by atoms with Crippen LogP contribution >= 0.6 is 0 Å². The topological polar surface area (TPSA) is 40.6 Å². The van der Waals surface area contributed by atoms with Gasteiger partial charge in [-0.15, -0.1) is 0 Å². The van der Waals surface area contributed by atoms with E-state index in [0.717, 1.165) is 32.7 Å². The first-order valence-corrected chi connectivity index (χ1v) is 7.29. The second-order valence-corrected chi connectivity index (χ2v) is 5.10. The molecule has 1 aromatic rings. The van der Waals surface area contributed by atoms with E-state index in [-0.39, 0.29) is 11.7 Å². The first-order chi connectivity index (χ1) is 9.70. The molecule has 1 heterocycles. The van der Waals surface area contributed by atoms with E-state index in [4.69, 9.17) is 0 Å². The Morgan fingerprint density at radius 1 is 1.00 bits per heavy atom. The van der Waals surface area contributed by atoms with Crippen LogP contribution in [0.2, 0.25) is 0 Å². The molecule has 4 nitrogen and oxygen atoms in total. The van der Waals surface area contributed by atoms with Crippen molar-refractivity contribution in [1.82, 2.24) is 9.80 Å². The molecule has 1 amide bonds. The number of hydrogen-bond donors (Lipinski definition) is 0. The van der Waals surface area contributed by atoms with Crippen molar-refractivity contribution in [3.05, 3.63) is 35.9 Å². The summed E-state index contributed by atoms with van der Waals surface area (Å²) in [5.41, 5.74) is 0.691. The number of rotatable bonds is 5. The lowest BCUT2D eigenvalue weighted by atomic mass is 10.1. The van der Waals surface area contributed by atoms with Crippen molar-refractivity contribution < 1.29 is 9.59 Å². The van der Waals surface area contributed by atoms with Gasteiger partial charge in [-0.05, 0) is 6.54 Å². The standard InChI is InChI=1S/C16H22N2O2/c1-2-17-10-12-18(13-11-17)16(20)9-8-15(19)14-6-4-3-5-7-14/h3-7H,2,8-13H2,1H3. The molecule has 1 aromatic carbocycles. The van der Waals surface area contributed by atoms with Gasteiger partial charge in [0.25, 0.3) is 0 Å². The van der Waals surface area contributed by atoms with Crippen LogP contribution in [0.1, 0.15) is 30.1 Å². The molecule has 1 aliphatic heterocycles. The van der Waals surface area contributed by atoms with Crippen molar-refractivity contribution in [1.29, 1.82) is 0 Å². The SMILES string of the molecule is CCN1CCN(C(=O)CCC(=O)c2ccccc2)CC1. The second-order valence-electron chi connectivity index (χ2n) is 5.10. The Morgan fingerprint density at radius 3 is 2.25 bits per heavy atom. The predicted molar refractivity (Wildman–Crippen MR) is 78.7 cm³/mol. The largest absolute Gasteiger partial charge is 0.340 e. The number of likely N-dealkylation sites (N-methyl/N-ethyl adjacent to an activating group) is 1. The maximum absolute atomic E-state index is 12.1. The lowest BCUT2D eigenvalue weighted by molar-refractivity contribution is -0.132. The molecule has 108 valence electrons. The lowest BCUT2D eigenvalue weighted by Crippen LogP contribution is -2.48. The van der Waals surface area contributed by atoms with Crippen molar-refractivity contribution in [2.45, 2.75) is 19.8 Å². The summed E-state index contributed by atoms with van der Waals surface area (Å²) in [5, 5.41) is 0.